The predicted octanol–water partition coefficient (Wildman–Crippen LogP) is 1.88. The van der Waals surface area contributed by atoms with Crippen LogP contribution in [0, 0.1) is 17.0 Å². The molecule has 0 aliphatic carbocycles. The SMILES string of the molecule is CNC1(C)CCN(c2nc(C)ccc2[N+](=O)[O-])CC1. The van der Waals surface area contributed by atoms with Crippen molar-refractivity contribution in [2.24, 2.45) is 0 Å². The summed E-state index contributed by atoms with van der Waals surface area (Å²) in [6, 6.07) is 3.23. The minimum absolute atomic E-state index is 0.0960. The molecule has 0 atom stereocenters. The van der Waals surface area contributed by atoms with Crippen LogP contribution < -0.4 is 10.2 Å². The summed E-state index contributed by atoms with van der Waals surface area (Å²) in [6.45, 7) is 5.61. The number of nitrogens with one attached hydrogen (secondary N) is 1. The normalized spacial score (nSPS) is 18.4. The van der Waals surface area contributed by atoms with Crippen molar-refractivity contribution in [2.45, 2.75) is 32.2 Å². The second-order valence-electron chi connectivity index (χ2n) is 5.35. The number of piperidine rings is 1. The van der Waals surface area contributed by atoms with E-state index in [0.717, 1.165) is 31.6 Å². The number of aryl methyl sites for hydroxylation is 1. The summed E-state index contributed by atoms with van der Waals surface area (Å²) in [5.74, 6) is 0.503. The van der Waals surface area contributed by atoms with E-state index in [1.54, 1.807) is 12.1 Å². The number of pyridine rings is 1. The molecule has 0 saturated carbocycles. The zero-order chi connectivity index (χ0) is 14.0. The van der Waals surface area contributed by atoms with E-state index in [4.69, 9.17) is 0 Å². The van der Waals surface area contributed by atoms with Crippen LogP contribution in [0.15, 0.2) is 12.1 Å². The van der Waals surface area contributed by atoms with Gasteiger partial charge in [-0.05, 0) is 39.8 Å². The van der Waals surface area contributed by atoms with Crippen molar-refractivity contribution in [1.82, 2.24) is 10.3 Å². The topological polar surface area (TPSA) is 71.3 Å². The average Bonchev–Trinajstić information content (AvgIpc) is 2.39. The van der Waals surface area contributed by atoms with E-state index in [1.807, 2.05) is 18.9 Å². The first kappa shape index (κ1) is 13.7. The van der Waals surface area contributed by atoms with Gasteiger partial charge in [-0.3, -0.25) is 10.1 Å². The largest absolute Gasteiger partial charge is 0.351 e. The summed E-state index contributed by atoms with van der Waals surface area (Å²) in [6.07, 6.45) is 1.91. The third-order valence-electron chi connectivity index (χ3n) is 3.96. The van der Waals surface area contributed by atoms with E-state index in [0.29, 0.717) is 5.82 Å². The molecule has 2 rings (SSSR count). The summed E-state index contributed by atoms with van der Waals surface area (Å²) in [5.41, 5.74) is 1.02. The Morgan fingerprint density at radius 3 is 2.58 bits per heavy atom. The van der Waals surface area contributed by atoms with Gasteiger partial charge in [-0.25, -0.2) is 4.98 Å². The summed E-state index contributed by atoms with van der Waals surface area (Å²) < 4.78 is 0. The molecule has 104 valence electrons. The molecule has 1 fully saturated rings. The van der Waals surface area contributed by atoms with Crippen molar-refractivity contribution in [2.75, 3.05) is 25.0 Å². The zero-order valence-corrected chi connectivity index (χ0v) is 11.6. The fourth-order valence-corrected chi connectivity index (χ4v) is 2.37. The number of hydrogen-bond acceptors (Lipinski definition) is 5. The van der Waals surface area contributed by atoms with Gasteiger partial charge in [0.2, 0.25) is 5.82 Å². The molecule has 0 radical (unpaired) electrons. The van der Waals surface area contributed by atoms with Crippen LogP contribution in [0.5, 0.6) is 0 Å². The number of aromatic nitrogens is 1. The zero-order valence-electron chi connectivity index (χ0n) is 11.6. The van der Waals surface area contributed by atoms with Gasteiger partial charge in [0, 0.05) is 30.4 Å². The Hall–Kier alpha value is -1.69. The molecule has 1 aliphatic rings. The van der Waals surface area contributed by atoms with Crippen LogP contribution in [-0.2, 0) is 0 Å². The van der Waals surface area contributed by atoms with Crippen molar-refractivity contribution in [1.29, 1.82) is 0 Å². The van der Waals surface area contributed by atoms with Gasteiger partial charge in [0.25, 0.3) is 0 Å². The molecule has 0 spiro atoms. The predicted molar refractivity (Wildman–Crippen MR) is 74.5 cm³/mol. The third-order valence-corrected chi connectivity index (χ3v) is 3.96. The lowest BCUT2D eigenvalue weighted by molar-refractivity contribution is -0.384. The van der Waals surface area contributed by atoms with Gasteiger partial charge >= 0.3 is 5.69 Å². The monoisotopic (exact) mass is 264 g/mol. The summed E-state index contributed by atoms with van der Waals surface area (Å²) in [4.78, 5) is 17.1. The number of hydrogen-bond donors (Lipinski definition) is 1. The molecule has 0 unspecified atom stereocenters. The minimum Gasteiger partial charge on any atom is -0.351 e. The molecular formula is C13H20N4O2. The Kier molecular flexibility index (Phi) is 3.71. The lowest BCUT2D eigenvalue weighted by Gasteiger charge is -2.39. The van der Waals surface area contributed by atoms with Crippen LogP contribution in [0.2, 0.25) is 0 Å². The third kappa shape index (κ3) is 2.84. The molecule has 6 nitrogen and oxygen atoms in total. The standard InChI is InChI=1S/C13H20N4O2/c1-10-4-5-11(17(18)19)12(15-10)16-8-6-13(2,14-3)7-9-16/h4-5,14H,6-9H2,1-3H3. The van der Waals surface area contributed by atoms with Crippen molar-refractivity contribution in [3.05, 3.63) is 27.9 Å². The molecule has 1 saturated heterocycles. The maximum atomic E-state index is 11.1. The maximum absolute atomic E-state index is 11.1. The van der Waals surface area contributed by atoms with Crippen LogP contribution in [0.1, 0.15) is 25.5 Å². The van der Waals surface area contributed by atoms with E-state index in [1.165, 1.54) is 0 Å². The lowest BCUT2D eigenvalue weighted by Crippen LogP contribution is -2.50. The molecule has 6 heteroatoms. The Labute approximate surface area is 113 Å². The quantitative estimate of drug-likeness (QED) is 0.666. The van der Waals surface area contributed by atoms with Gasteiger partial charge in [-0.2, -0.15) is 0 Å². The highest BCUT2D eigenvalue weighted by atomic mass is 16.6. The van der Waals surface area contributed by atoms with Gasteiger partial charge in [0.1, 0.15) is 0 Å². The van der Waals surface area contributed by atoms with Crippen LogP contribution in [0.4, 0.5) is 11.5 Å². The van der Waals surface area contributed by atoms with Gasteiger partial charge in [-0.15, -0.1) is 0 Å². The van der Waals surface area contributed by atoms with Gasteiger partial charge in [0.15, 0.2) is 0 Å². The van der Waals surface area contributed by atoms with Crippen LogP contribution in [-0.4, -0.2) is 35.6 Å². The Balaban J connectivity index is 2.24. The number of nitro groups is 1. The Morgan fingerprint density at radius 2 is 2.05 bits per heavy atom. The maximum Gasteiger partial charge on any atom is 0.311 e. The molecule has 0 aromatic carbocycles. The van der Waals surface area contributed by atoms with E-state index >= 15 is 0 Å². The second kappa shape index (κ2) is 5.13. The smallest absolute Gasteiger partial charge is 0.311 e. The first-order valence-corrected chi connectivity index (χ1v) is 6.51. The van der Waals surface area contributed by atoms with Crippen molar-refractivity contribution in [3.63, 3.8) is 0 Å². The van der Waals surface area contributed by atoms with Crippen molar-refractivity contribution >= 4 is 11.5 Å². The number of anilines is 1. The van der Waals surface area contributed by atoms with Gasteiger partial charge in [-0.1, -0.05) is 0 Å². The molecule has 1 aromatic rings. The number of rotatable bonds is 3. The molecule has 1 aliphatic heterocycles. The van der Waals surface area contributed by atoms with E-state index < -0.39 is 0 Å². The first-order chi connectivity index (χ1) is 8.95. The molecule has 0 bridgehead atoms. The second-order valence-corrected chi connectivity index (χ2v) is 5.35. The summed E-state index contributed by atoms with van der Waals surface area (Å²) in [5, 5.41) is 14.4. The molecule has 2 heterocycles. The van der Waals surface area contributed by atoms with Crippen LogP contribution >= 0.6 is 0 Å². The minimum atomic E-state index is -0.354. The fraction of sp³-hybridized carbons (Fsp3) is 0.615. The van der Waals surface area contributed by atoms with Crippen LogP contribution in [0.3, 0.4) is 0 Å². The van der Waals surface area contributed by atoms with Crippen molar-refractivity contribution < 1.29 is 4.92 Å². The van der Waals surface area contributed by atoms with E-state index in [2.05, 4.69) is 17.2 Å². The van der Waals surface area contributed by atoms with Gasteiger partial charge in [0.05, 0.1) is 4.92 Å². The molecule has 1 aromatic heterocycles. The molecule has 1 N–H and O–H groups in total. The molecule has 19 heavy (non-hydrogen) atoms. The Morgan fingerprint density at radius 1 is 1.42 bits per heavy atom. The molecule has 0 amide bonds. The lowest BCUT2D eigenvalue weighted by atomic mass is 9.90. The average molecular weight is 264 g/mol. The number of nitrogens with zero attached hydrogens (tertiary/aromatic N) is 3. The summed E-state index contributed by atoms with van der Waals surface area (Å²) in [7, 11) is 1.96. The van der Waals surface area contributed by atoms with Crippen LogP contribution in [0.25, 0.3) is 0 Å². The summed E-state index contributed by atoms with van der Waals surface area (Å²) >= 11 is 0. The van der Waals surface area contributed by atoms with E-state index in [-0.39, 0.29) is 16.1 Å². The van der Waals surface area contributed by atoms with Crippen molar-refractivity contribution in [3.8, 4) is 0 Å². The first-order valence-electron chi connectivity index (χ1n) is 6.51. The fourth-order valence-electron chi connectivity index (χ4n) is 2.37. The van der Waals surface area contributed by atoms with Gasteiger partial charge < -0.3 is 10.2 Å². The highest BCUT2D eigenvalue weighted by Gasteiger charge is 2.31. The molecular weight excluding hydrogens is 244 g/mol. The highest BCUT2D eigenvalue weighted by molar-refractivity contribution is 5.58. The van der Waals surface area contributed by atoms with E-state index in [9.17, 15) is 10.1 Å². The Bertz CT molecular complexity index is 482. The highest BCUT2D eigenvalue weighted by Crippen LogP contribution is 2.30.